The Morgan fingerprint density at radius 3 is 1.73 bits per heavy atom. The molecule has 8 heteroatoms. The number of furan rings is 2. The van der Waals surface area contributed by atoms with Crippen LogP contribution in [-0.2, 0) is 0 Å². The van der Waals surface area contributed by atoms with Crippen molar-refractivity contribution in [3.05, 3.63) is 144 Å². The first kappa shape index (κ1) is 27.9. The molecule has 0 aliphatic rings. The number of hydrogen-bond acceptors (Lipinski definition) is 7. The summed E-state index contributed by atoms with van der Waals surface area (Å²) >= 11 is 3.42. The maximum atomic E-state index is 9.82. The second-order valence-electron chi connectivity index (χ2n) is 11.1. The van der Waals surface area contributed by atoms with Crippen LogP contribution in [0.25, 0.3) is 91.3 Å². The van der Waals surface area contributed by atoms with Crippen molar-refractivity contribution in [2.75, 3.05) is 0 Å². The lowest BCUT2D eigenvalue weighted by atomic mass is 9.94. The number of allylic oxidation sites excluding steroid dienone is 1. The lowest BCUT2D eigenvalue weighted by molar-refractivity contribution is 0.573. The van der Waals surface area contributed by atoms with Crippen LogP contribution in [0.5, 0.6) is 0 Å². The quantitative estimate of drug-likeness (QED) is 0.101. The molecule has 3 aromatic carbocycles. The van der Waals surface area contributed by atoms with Gasteiger partial charge in [0, 0.05) is 49.4 Å². The summed E-state index contributed by atoms with van der Waals surface area (Å²) in [5.41, 5.74) is 2.08. The van der Waals surface area contributed by atoms with Crippen LogP contribution in [0, 0.1) is 17.9 Å². The Hall–Kier alpha value is -6.32. The summed E-state index contributed by atoms with van der Waals surface area (Å²) in [4.78, 5) is 14.5. The van der Waals surface area contributed by atoms with Crippen molar-refractivity contribution >= 4 is 87.8 Å². The van der Waals surface area contributed by atoms with E-state index in [1.807, 2.05) is 60.7 Å². The molecule has 6 aromatic heterocycles. The standard InChI is InChI=1S/C40H20N4O2S2/c1-42-30(29-11-3-5-19-44-29)21-25-15-17-32(46-25)40-38-27-9-7-12-33-35(27)37(26-8-6-13-34(48-40)36(26)38)39(47-33)31-16-14-24(45-31)20-23(22-41)28-10-2-4-18-43-28/h2-21H/b23-20+,30-21-. The highest BCUT2D eigenvalue weighted by Crippen LogP contribution is 2.53. The van der Waals surface area contributed by atoms with Crippen LogP contribution in [0.2, 0.25) is 0 Å². The Kier molecular flexibility index (Phi) is 6.51. The zero-order valence-corrected chi connectivity index (χ0v) is 26.6. The zero-order valence-electron chi connectivity index (χ0n) is 25.0. The molecule has 0 fully saturated rings. The van der Waals surface area contributed by atoms with Crippen LogP contribution in [-0.4, -0.2) is 9.97 Å². The van der Waals surface area contributed by atoms with Crippen LogP contribution in [0.3, 0.4) is 0 Å². The average molecular weight is 653 g/mol. The number of rotatable bonds is 6. The molecule has 0 amide bonds. The molecular formula is C40H20N4O2S2. The van der Waals surface area contributed by atoms with Crippen molar-refractivity contribution < 1.29 is 8.83 Å². The fourth-order valence-electron chi connectivity index (χ4n) is 6.32. The number of nitrogens with zero attached hydrogens (tertiary/aromatic N) is 4. The zero-order chi connectivity index (χ0) is 32.2. The third kappa shape index (κ3) is 4.44. The fraction of sp³-hybridized carbons (Fsp3) is 0. The van der Waals surface area contributed by atoms with Gasteiger partial charge in [0.25, 0.3) is 0 Å². The van der Waals surface area contributed by atoms with Gasteiger partial charge in [0.1, 0.15) is 29.1 Å². The Morgan fingerprint density at radius 2 is 1.21 bits per heavy atom. The second-order valence-corrected chi connectivity index (χ2v) is 13.2. The van der Waals surface area contributed by atoms with Gasteiger partial charge >= 0.3 is 0 Å². The van der Waals surface area contributed by atoms with Crippen LogP contribution in [0.1, 0.15) is 22.9 Å². The smallest absolute Gasteiger partial charge is 0.215 e. The van der Waals surface area contributed by atoms with Crippen molar-refractivity contribution in [3.63, 3.8) is 0 Å². The molecule has 0 N–H and O–H groups in total. The summed E-state index contributed by atoms with van der Waals surface area (Å²) in [5, 5.41) is 16.8. The second kappa shape index (κ2) is 11.2. The van der Waals surface area contributed by atoms with Gasteiger partial charge in [0.05, 0.1) is 33.3 Å². The summed E-state index contributed by atoms with van der Waals surface area (Å²) < 4.78 is 15.1. The van der Waals surface area contributed by atoms with Crippen LogP contribution >= 0.6 is 22.7 Å². The Labute approximate surface area is 281 Å². The summed E-state index contributed by atoms with van der Waals surface area (Å²) in [7, 11) is 0. The van der Waals surface area contributed by atoms with E-state index in [9.17, 15) is 5.26 Å². The number of fused-ring (bicyclic) bond motifs is 2. The molecule has 0 spiro atoms. The van der Waals surface area contributed by atoms with Gasteiger partial charge in [-0.15, -0.1) is 22.7 Å². The highest BCUT2D eigenvalue weighted by molar-refractivity contribution is 7.25. The molecule has 0 saturated heterocycles. The summed E-state index contributed by atoms with van der Waals surface area (Å²) in [5.74, 6) is 2.71. The van der Waals surface area contributed by atoms with Crippen LogP contribution in [0.15, 0.2) is 118 Å². The highest BCUT2D eigenvalue weighted by Gasteiger charge is 2.25. The van der Waals surface area contributed by atoms with Gasteiger partial charge in [-0.05, 0) is 77.5 Å². The molecule has 0 unspecified atom stereocenters. The molecule has 6 heterocycles. The van der Waals surface area contributed by atoms with E-state index in [-0.39, 0.29) is 0 Å². The van der Waals surface area contributed by atoms with Gasteiger partial charge in [-0.3, -0.25) is 9.97 Å². The third-order valence-electron chi connectivity index (χ3n) is 8.35. The molecule has 0 aliphatic heterocycles. The summed E-state index contributed by atoms with van der Waals surface area (Å²) in [6, 6.07) is 34.0. The van der Waals surface area contributed by atoms with E-state index < -0.39 is 0 Å². The first-order valence-electron chi connectivity index (χ1n) is 15.1. The molecule has 0 radical (unpaired) electrons. The van der Waals surface area contributed by atoms with Gasteiger partial charge in [0.2, 0.25) is 5.70 Å². The predicted octanol–water partition coefficient (Wildman–Crippen LogP) is 11.7. The number of nitriles is 1. The van der Waals surface area contributed by atoms with Crippen molar-refractivity contribution in [1.29, 1.82) is 5.26 Å². The lowest BCUT2D eigenvalue weighted by Crippen LogP contribution is -1.85. The van der Waals surface area contributed by atoms with Crippen molar-refractivity contribution in [1.82, 2.24) is 9.97 Å². The molecule has 6 nitrogen and oxygen atoms in total. The fourth-order valence-corrected chi connectivity index (χ4v) is 8.73. The predicted molar refractivity (Wildman–Crippen MR) is 195 cm³/mol. The number of hydrogen-bond donors (Lipinski definition) is 0. The number of benzene rings is 3. The minimum absolute atomic E-state index is 0.425. The molecule has 0 aliphatic carbocycles. The monoisotopic (exact) mass is 652 g/mol. The highest BCUT2D eigenvalue weighted by atomic mass is 32.1. The van der Waals surface area contributed by atoms with E-state index in [2.05, 4.69) is 57.3 Å². The van der Waals surface area contributed by atoms with E-state index in [1.54, 1.807) is 47.2 Å². The van der Waals surface area contributed by atoms with Gasteiger partial charge in [0.15, 0.2) is 0 Å². The molecule has 224 valence electrons. The minimum Gasteiger partial charge on any atom is -0.457 e. The van der Waals surface area contributed by atoms with E-state index >= 15 is 0 Å². The van der Waals surface area contributed by atoms with Crippen molar-refractivity contribution in [3.8, 4) is 27.3 Å². The molecule has 9 aromatic rings. The molecule has 0 bridgehead atoms. The third-order valence-corrected chi connectivity index (χ3v) is 10.7. The number of aromatic nitrogens is 2. The van der Waals surface area contributed by atoms with Gasteiger partial charge in [-0.25, -0.2) is 4.85 Å². The van der Waals surface area contributed by atoms with Gasteiger partial charge in [-0.1, -0.05) is 36.4 Å². The van der Waals surface area contributed by atoms with E-state index in [0.29, 0.717) is 34.2 Å². The molecular weight excluding hydrogens is 633 g/mol. The van der Waals surface area contributed by atoms with Crippen LogP contribution < -0.4 is 0 Å². The van der Waals surface area contributed by atoms with Gasteiger partial charge < -0.3 is 8.83 Å². The van der Waals surface area contributed by atoms with E-state index in [1.165, 1.54) is 15.5 Å². The largest absolute Gasteiger partial charge is 0.457 e. The number of thiophene rings is 2. The summed E-state index contributed by atoms with van der Waals surface area (Å²) in [6.45, 7) is 7.71. The van der Waals surface area contributed by atoms with Crippen LogP contribution in [0.4, 0.5) is 0 Å². The normalized spacial score (nSPS) is 12.4. The van der Waals surface area contributed by atoms with Crippen molar-refractivity contribution in [2.45, 2.75) is 0 Å². The summed E-state index contributed by atoms with van der Waals surface area (Å²) in [6.07, 6.45) is 6.85. The van der Waals surface area contributed by atoms with E-state index in [4.69, 9.17) is 15.4 Å². The Balaban J connectivity index is 1.21. The first-order valence-corrected chi connectivity index (χ1v) is 16.7. The number of pyridine rings is 2. The molecule has 0 atom stereocenters. The molecule has 48 heavy (non-hydrogen) atoms. The topological polar surface area (TPSA) is 80.2 Å². The Morgan fingerprint density at radius 1 is 0.646 bits per heavy atom. The molecule has 0 saturated carbocycles. The van der Waals surface area contributed by atoms with E-state index in [0.717, 1.165) is 47.5 Å². The lowest BCUT2D eigenvalue weighted by Gasteiger charge is -2.08. The maximum Gasteiger partial charge on any atom is 0.215 e. The Bertz CT molecular complexity index is 2610. The van der Waals surface area contributed by atoms with Gasteiger partial charge in [-0.2, -0.15) is 5.26 Å². The molecule has 9 rings (SSSR count). The minimum atomic E-state index is 0.425. The maximum absolute atomic E-state index is 9.82. The van der Waals surface area contributed by atoms with Crippen molar-refractivity contribution in [2.24, 2.45) is 0 Å². The average Bonchev–Trinajstić information content (AvgIpc) is 3.95. The first-order chi connectivity index (χ1) is 23.7. The SMILES string of the molecule is [C-]#[N+]/C(=C\c1ccc(-c2sc3cccc4c5c(-c6ccc(/C=C(\C#N)c7ccccn7)o6)sc6cccc(c2c34)c65)o1)c1ccccn1.